The molecule has 2 aromatic rings. The summed E-state index contributed by atoms with van der Waals surface area (Å²) in [6.07, 6.45) is 0. The second kappa shape index (κ2) is 6.17. The Labute approximate surface area is 131 Å². The highest BCUT2D eigenvalue weighted by atomic mass is 79.9. The van der Waals surface area contributed by atoms with E-state index in [0.717, 1.165) is 22.4 Å². The number of rotatable bonds is 3. The Bertz CT molecular complexity index is 599. The van der Waals surface area contributed by atoms with Crippen LogP contribution in [0.5, 0.6) is 5.75 Å². The zero-order valence-electron chi connectivity index (χ0n) is 10.6. The Hall–Kier alpha value is -0.700. The molecule has 0 saturated carbocycles. The number of aryl methyl sites for hydroxylation is 1. The molecule has 0 aliphatic heterocycles. The average molecular weight is 360 g/mol. The Balaban J connectivity index is 2.37. The Morgan fingerprint density at radius 1 is 1.00 bits per heavy atom. The second-order valence-corrected chi connectivity index (χ2v) is 6.00. The molecule has 2 rings (SSSR count). The molecule has 19 heavy (non-hydrogen) atoms. The van der Waals surface area contributed by atoms with E-state index in [4.69, 9.17) is 27.9 Å². The molecule has 1 atom stereocenters. The summed E-state index contributed by atoms with van der Waals surface area (Å²) in [5.41, 5.74) is 3.28. The molecular formula is C15H13BrCl2O. The third-order valence-corrected chi connectivity index (χ3v) is 4.76. The molecule has 0 heterocycles. The number of hydrogen-bond donors (Lipinski definition) is 0. The molecule has 0 fully saturated rings. The molecule has 0 saturated heterocycles. The maximum absolute atomic E-state index is 6.05. The van der Waals surface area contributed by atoms with Crippen LogP contribution in [0, 0.1) is 6.92 Å². The first kappa shape index (κ1) is 14.7. The van der Waals surface area contributed by atoms with Gasteiger partial charge in [-0.05, 0) is 41.8 Å². The van der Waals surface area contributed by atoms with Gasteiger partial charge in [-0.15, -0.1) is 0 Å². The van der Waals surface area contributed by atoms with E-state index in [1.54, 1.807) is 13.2 Å². The molecule has 0 bridgehead atoms. The standard InChI is InChI=1S/C15H13BrCl2O/c1-9-3-4-11(8-14(9)19-2)15(16)10-5-6-12(17)13(18)7-10/h3-8,15H,1-2H3. The monoisotopic (exact) mass is 358 g/mol. The minimum atomic E-state index is 0.0526. The van der Waals surface area contributed by atoms with Crippen LogP contribution >= 0.6 is 39.1 Å². The van der Waals surface area contributed by atoms with E-state index >= 15 is 0 Å². The highest BCUT2D eigenvalue weighted by molar-refractivity contribution is 9.09. The lowest BCUT2D eigenvalue weighted by molar-refractivity contribution is 0.411. The van der Waals surface area contributed by atoms with Gasteiger partial charge < -0.3 is 4.74 Å². The Morgan fingerprint density at radius 2 is 1.63 bits per heavy atom. The van der Waals surface area contributed by atoms with Gasteiger partial charge in [-0.1, -0.05) is 57.3 Å². The maximum Gasteiger partial charge on any atom is 0.122 e. The van der Waals surface area contributed by atoms with Crippen LogP contribution in [-0.2, 0) is 0 Å². The maximum atomic E-state index is 6.05. The lowest BCUT2D eigenvalue weighted by atomic mass is 10.0. The molecule has 0 spiro atoms. The van der Waals surface area contributed by atoms with Crippen molar-refractivity contribution in [1.29, 1.82) is 0 Å². The molecule has 100 valence electrons. The van der Waals surface area contributed by atoms with Crippen LogP contribution in [0.1, 0.15) is 21.5 Å². The second-order valence-electron chi connectivity index (χ2n) is 4.27. The lowest BCUT2D eigenvalue weighted by Crippen LogP contribution is -1.95. The van der Waals surface area contributed by atoms with E-state index in [2.05, 4.69) is 22.0 Å². The third kappa shape index (κ3) is 3.25. The summed E-state index contributed by atoms with van der Waals surface area (Å²) in [7, 11) is 1.68. The molecule has 1 nitrogen and oxygen atoms in total. The van der Waals surface area contributed by atoms with Crippen molar-refractivity contribution in [1.82, 2.24) is 0 Å². The molecule has 2 aromatic carbocycles. The fourth-order valence-corrected chi connectivity index (χ4v) is 2.73. The van der Waals surface area contributed by atoms with E-state index in [1.807, 2.05) is 31.2 Å². The number of alkyl halides is 1. The number of halogens is 3. The Morgan fingerprint density at radius 3 is 2.26 bits per heavy atom. The topological polar surface area (TPSA) is 9.23 Å². The van der Waals surface area contributed by atoms with Crippen LogP contribution in [0.3, 0.4) is 0 Å². The number of hydrogen-bond acceptors (Lipinski definition) is 1. The molecule has 1 unspecified atom stereocenters. The summed E-state index contributed by atoms with van der Waals surface area (Å²) in [5, 5.41) is 1.12. The van der Waals surface area contributed by atoms with E-state index in [9.17, 15) is 0 Å². The zero-order valence-corrected chi connectivity index (χ0v) is 13.7. The minimum Gasteiger partial charge on any atom is -0.496 e. The normalized spacial score (nSPS) is 12.3. The van der Waals surface area contributed by atoms with Gasteiger partial charge in [0.05, 0.1) is 22.0 Å². The summed E-state index contributed by atoms with van der Waals surface area (Å²) in [4.78, 5) is 0.0526. The third-order valence-electron chi connectivity index (χ3n) is 2.96. The number of benzene rings is 2. The minimum absolute atomic E-state index is 0.0526. The van der Waals surface area contributed by atoms with E-state index in [-0.39, 0.29) is 4.83 Å². The molecule has 0 radical (unpaired) electrons. The van der Waals surface area contributed by atoms with Crippen molar-refractivity contribution in [3.8, 4) is 5.75 Å². The van der Waals surface area contributed by atoms with Crippen molar-refractivity contribution < 1.29 is 4.74 Å². The average Bonchev–Trinajstić information content (AvgIpc) is 2.41. The van der Waals surface area contributed by atoms with Crippen LogP contribution < -0.4 is 4.74 Å². The SMILES string of the molecule is COc1cc(C(Br)c2ccc(Cl)c(Cl)c2)ccc1C. The van der Waals surface area contributed by atoms with Crippen LogP contribution in [0.15, 0.2) is 36.4 Å². The predicted molar refractivity (Wildman–Crippen MR) is 85.0 cm³/mol. The molecule has 0 amide bonds. The van der Waals surface area contributed by atoms with Crippen LogP contribution in [0.25, 0.3) is 0 Å². The van der Waals surface area contributed by atoms with E-state index < -0.39 is 0 Å². The van der Waals surface area contributed by atoms with Crippen LogP contribution in [0.2, 0.25) is 10.0 Å². The summed E-state index contributed by atoms with van der Waals surface area (Å²) >= 11 is 15.7. The van der Waals surface area contributed by atoms with Gasteiger partial charge in [0.15, 0.2) is 0 Å². The van der Waals surface area contributed by atoms with Gasteiger partial charge in [0.25, 0.3) is 0 Å². The van der Waals surface area contributed by atoms with Gasteiger partial charge in [-0.3, -0.25) is 0 Å². The molecular weight excluding hydrogens is 347 g/mol. The summed E-state index contributed by atoms with van der Waals surface area (Å²) in [6.45, 7) is 2.02. The summed E-state index contributed by atoms with van der Waals surface area (Å²) in [6, 6.07) is 11.8. The van der Waals surface area contributed by atoms with Gasteiger partial charge in [-0.2, -0.15) is 0 Å². The highest BCUT2D eigenvalue weighted by Gasteiger charge is 2.13. The first-order valence-electron chi connectivity index (χ1n) is 5.76. The van der Waals surface area contributed by atoms with E-state index in [1.165, 1.54) is 0 Å². The predicted octanol–water partition coefficient (Wildman–Crippen LogP) is 5.79. The Kier molecular flexibility index (Phi) is 4.77. The molecule has 0 aliphatic rings. The molecule has 0 N–H and O–H groups in total. The van der Waals surface area contributed by atoms with E-state index in [0.29, 0.717) is 10.0 Å². The highest BCUT2D eigenvalue weighted by Crippen LogP contribution is 2.36. The van der Waals surface area contributed by atoms with Crippen molar-refractivity contribution in [3.63, 3.8) is 0 Å². The smallest absolute Gasteiger partial charge is 0.122 e. The van der Waals surface area contributed by atoms with Crippen LogP contribution in [-0.4, -0.2) is 7.11 Å². The first-order chi connectivity index (χ1) is 9.02. The summed E-state index contributed by atoms with van der Waals surface area (Å²) < 4.78 is 5.35. The molecule has 0 aliphatic carbocycles. The van der Waals surface area contributed by atoms with Crippen molar-refractivity contribution >= 4 is 39.1 Å². The van der Waals surface area contributed by atoms with Crippen molar-refractivity contribution in [2.75, 3.05) is 7.11 Å². The largest absolute Gasteiger partial charge is 0.496 e. The van der Waals surface area contributed by atoms with Crippen molar-refractivity contribution in [2.45, 2.75) is 11.8 Å². The van der Waals surface area contributed by atoms with Gasteiger partial charge in [0.1, 0.15) is 5.75 Å². The van der Waals surface area contributed by atoms with Crippen LogP contribution in [0.4, 0.5) is 0 Å². The van der Waals surface area contributed by atoms with Crippen molar-refractivity contribution in [2.24, 2.45) is 0 Å². The number of methoxy groups -OCH3 is 1. The summed E-state index contributed by atoms with van der Waals surface area (Å²) in [5.74, 6) is 0.877. The lowest BCUT2D eigenvalue weighted by Gasteiger charge is -2.14. The first-order valence-corrected chi connectivity index (χ1v) is 7.43. The fraction of sp³-hybridized carbons (Fsp3) is 0.200. The van der Waals surface area contributed by atoms with Gasteiger partial charge in [-0.25, -0.2) is 0 Å². The van der Waals surface area contributed by atoms with Gasteiger partial charge >= 0.3 is 0 Å². The van der Waals surface area contributed by atoms with Gasteiger partial charge in [0.2, 0.25) is 0 Å². The number of ether oxygens (including phenoxy) is 1. The zero-order chi connectivity index (χ0) is 14.0. The van der Waals surface area contributed by atoms with Crippen molar-refractivity contribution in [3.05, 3.63) is 63.1 Å². The quantitative estimate of drug-likeness (QED) is 0.629. The molecule has 0 aromatic heterocycles. The fourth-order valence-electron chi connectivity index (χ4n) is 1.86. The molecule has 4 heteroatoms. The van der Waals surface area contributed by atoms with Gasteiger partial charge in [0, 0.05) is 0 Å².